The summed E-state index contributed by atoms with van der Waals surface area (Å²) in [6, 6.07) is 0. The van der Waals surface area contributed by atoms with Crippen LogP contribution < -0.4 is 5.32 Å². The molecule has 0 saturated carbocycles. The molecule has 1 heterocycles. The molecule has 0 aliphatic carbocycles. The topological polar surface area (TPSA) is 24.5 Å². The number of rotatable bonds is 9. The first-order valence-corrected chi connectivity index (χ1v) is 7.22. The van der Waals surface area contributed by atoms with Gasteiger partial charge in [0.05, 0.1) is 6.61 Å². The highest BCUT2D eigenvalue weighted by atomic mass is 16.5. The second kappa shape index (κ2) is 9.86. The van der Waals surface area contributed by atoms with Gasteiger partial charge < -0.3 is 15.0 Å². The number of hydrogen-bond donors (Lipinski definition) is 1. The molecule has 0 spiro atoms. The van der Waals surface area contributed by atoms with Gasteiger partial charge in [-0.3, -0.25) is 0 Å². The van der Waals surface area contributed by atoms with Crippen molar-refractivity contribution in [3.8, 4) is 0 Å². The predicted octanol–water partition coefficient (Wildman–Crippen LogP) is 2.12. The summed E-state index contributed by atoms with van der Waals surface area (Å²) >= 11 is 0. The Bertz CT molecular complexity index is 174. The van der Waals surface area contributed by atoms with Crippen LogP contribution in [0.2, 0.25) is 0 Å². The van der Waals surface area contributed by atoms with Gasteiger partial charge in [-0.25, -0.2) is 0 Å². The van der Waals surface area contributed by atoms with Gasteiger partial charge in [0.2, 0.25) is 0 Å². The van der Waals surface area contributed by atoms with Crippen LogP contribution in [0.5, 0.6) is 0 Å². The molecular formula is C14H30N2O. The fourth-order valence-electron chi connectivity index (χ4n) is 2.72. The molecule has 0 aromatic carbocycles. The standard InChI is InChI=1S/C14H30N2O/c1-15-9-5-3-4-6-10-16-11-7-8-14(12-16)13-17-2/h14-15H,3-13H2,1-2H3. The number of hydrogen-bond acceptors (Lipinski definition) is 3. The van der Waals surface area contributed by atoms with Crippen LogP contribution >= 0.6 is 0 Å². The van der Waals surface area contributed by atoms with Crippen molar-refractivity contribution in [2.24, 2.45) is 5.92 Å². The molecular weight excluding hydrogens is 212 g/mol. The quantitative estimate of drug-likeness (QED) is 0.627. The molecule has 0 aromatic heterocycles. The summed E-state index contributed by atoms with van der Waals surface area (Å²) < 4.78 is 5.27. The van der Waals surface area contributed by atoms with Crippen molar-refractivity contribution in [2.75, 3.05) is 46.9 Å². The first-order valence-electron chi connectivity index (χ1n) is 7.22. The van der Waals surface area contributed by atoms with Gasteiger partial charge in [0.15, 0.2) is 0 Å². The minimum Gasteiger partial charge on any atom is -0.384 e. The largest absolute Gasteiger partial charge is 0.384 e. The average molecular weight is 242 g/mol. The lowest BCUT2D eigenvalue weighted by molar-refractivity contribution is 0.0898. The van der Waals surface area contributed by atoms with Crippen LogP contribution in [0.4, 0.5) is 0 Å². The van der Waals surface area contributed by atoms with Gasteiger partial charge in [-0.15, -0.1) is 0 Å². The Balaban J connectivity index is 1.98. The van der Waals surface area contributed by atoms with E-state index < -0.39 is 0 Å². The van der Waals surface area contributed by atoms with Gasteiger partial charge in [-0.2, -0.15) is 0 Å². The van der Waals surface area contributed by atoms with E-state index in [4.69, 9.17) is 4.74 Å². The molecule has 0 aromatic rings. The summed E-state index contributed by atoms with van der Waals surface area (Å²) in [6.45, 7) is 5.96. The van der Waals surface area contributed by atoms with E-state index in [0.717, 1.165) is 12.5 Å². The first kappa shape index (κ1) is 14.9. The number of ether oxygens (including phenoxy) is 1. The van der Waals surface area contributed by atoms with Crippen LogP contribution in [-0.2, 0) is 4.74 Å². The van der Waals surface area contributed by atoms with Crippen molar-refractivity contribution < 1.29 is 4.74 Å². The molecule has 3 heteroatoms. The predicted molar refractivity (Wildman–Crippen MR) is 73.4 cm³/mol. The van der Waals surface area contributed by atoms with Gasteiger partial charge in [0.1, 0.15) is 0 Å². The van der Waals surface area contributed by atoms with Gasteiger partial charge in [-0.1, -0.05) is 12.8 Å². The zero-order valence-corrected chi connectivity index (χ0v) is 11.7. The normalized spacial score (nSPS) is 21.9. The van der Waals surface area contributed by atoms with E-state index >= 15 is 0 Å². The smallest absolute Gasteiger partial charge is 0.0502 e. The first-order chi connectivity index (χ1) is 8.36. The Labute approximate surface area is 107 Å². The summed E-state index contributed by atoms with van der Waals surface area (Å²) in [7, 11) is 3.85. The lowest BCUT2D eigenvalue weighted by atomic mass is 9.98. The summed E-state index contributed by atoms with van der Waals surface area (Å²) in [5, 5.41) is 3.20. The minimum atomic E-state index is 0.776. The fourth-order valence-corrected chi connectivity index (χ4v) is 2.72. The van der Waals surface area contributed by atoms with Crippen LogP contribution in [0.1, 0.15) is 38.5 Å². The Morgan fingerprint density at radius 1 is 1.24 bits per heavy atom. The second-order valence-corrected chi connectivity index (χ2v) is 5.28. The maximum Gasteiger partial charge on any atom is 0.0502 e. The van der Waals surface area contributed by atoms with Crippen LogP contribution in [0.3, 0.4) is 0 Å². The van der Waals surface area contributed by atoms with Crippen molar-refractivity contribution in [2.45, 2.75) is 38.5 Å². The molecule has 1 N–H and O–H groups in total. The second-order valence-electron chi connectivity index (χ2n) is 5.28. The molecule has 0 bridgehead atoms. The van der Waals surface area contributed by atoms with E-state index in [1.807, 2.05) is 14.2 Å². The molecule has 1 aliphatic heterocycles. The van der Waals surface area contributed by atoms with Crippen LogP contribution in [-0.4, -0.2) is 51.8 Å². The molecule has 1 aliphatic rings. The SMILES string of the molecule is CNCCCCCCN1CCCC(COC)C1. The number of piperidine rings is 1. The zero-order chi connectivity index (χ0) is 12.3. The molecule has 1 unspecified atom stereocenters. The van der Waals surface area contributed by atoms with E-state index in [2.05, 4.69) is 10.2 Å². The lowest BCUT2D eigenvalue weighted by Crippen LogP contribution is -2.37. The van der Waals surface area contributed by atoms with Gasteiger partial charge in [0.25, 0.3) is 0 Å². The molecule has 1 saturated heterocycles. The van der Waals surface area contributed by atoms with Crippen molar-refractivity contribution in [1.82, 2.24) is 10.2 Å². The van der Waals surface area contributed by atoms with Crippen LogP contribution in [0.25, 0.3) is 0 Å². The third-order valence-corrected chi connectivity index (χ3v) is 3.66. The molecule has 0 radical (unpaired) electrons. The molecule has 3 nitrogen and oxygen atoms in total. The minimum absolute atomic E-state index is 0.776. The third kappa shape index (κ3) is 7.02. The molecule has 1 fully saturated rings. The number of methoxy groups -OCH3 is 1. The average Bonchev–Trinajstić information content (AvgIpc) is 2.35. The fraction of sp³-hybridized carbons (Fsp3) is 1.00. The molecule has 17 heavy (non-hydrogen) atoms. The Morgan fingerprint density at radius 2 is 2.06 bits per heavy atom. The van der Waals surface area contributed by atoms with Crippen LogP contribution in [0, 0.1) is 5.92 Å². The molecule has 1 atom stereocenters. The highest BCUT2D eigenvalue weighted by Crippen LogP contribution is 2.17. The van der Waals surface area contributed by atoms with Crippen molar-refractivity contribution in [3.63, 3.8) is 0 Å². The third-order valence-electron chi connectivity index (χ3n) is 3.66. The summed E-state index contributed by atoms with van der Waals surface area (Å²) in [5.41, 5.74) is 0. The molecule has 0 amide bonds. The maximum atomic E-state index is 5.27. The van der Waals surface area contributed by atoms with Crippen molar-refractivity contribution in [3.05, 3.63) is 0 Å². The maximum absolute atomic E-state index is 5.27. The number of likely N-dealkylation sites (tertiary alicyclic amines) is 1. The van der Waals surface area contributed by atoms with Crippen molar-refractivity contribution in [1.29, 1.82) is 0 Å². The monoisotopic (exact) mass is 242 g/mol. The van der Waals surface area contributed by atoms with Crippen LogP contribution in [0.15, 0.2) is 0 Å². The Morgan fingerprint density at radius 3 is 2.82 bits per heavy atom. The highest BCUT2D eigenvalue weighted by molar-refractivity contribution is 4.72. The van der Waals surface area contributed by atoms with Gasteiger partial charge >= 0.3 is 0 Å². The number of nitrogens with one attached hydrogen (secondary N) is 1. The zero-order valence-electron chi connectivity index (χ0n) is 11.7. The lowest BCUT2D eigenvalue weighted by Gasteiger charge is -2.32. The van der Waals surface area contributed by atoms with Gasteiger partial charge in [0, 0.05) is 13.7 Å². The Hall–Kier alpha value is -0.120. The van der Waals surface area contributed by atoms with E-state index in [1.54, 1.807) is 0 Å². The Kier molecular flexibility index (Phi) is 8.67. The highest BCUT2D eigenvalue weighted by Gasteiger charge is 2.18. The summed E-state index contributed by atoms with van der Waals surface area (Å²) in [4.78, 5) is 2.63. The van der Waals surface area contributed by atoms with Gasteiger partial charge in [-0.05, 0) is 58.3 Å². The van der Waals surface area contributed by atoms with E-state index in [0.29, 0.717) is 0 Å². The number of nitrogens with zero attached hydrogens (tertiary/aromatic N) is 1. The van der Waals surface area contributed by atoms with E-state index in [-0.39, 0.29) is 0 Å². The molecule has 102 valence electrons. The summed E-state index contributed by atoms with van der Waals surface area (Å²) in [5.74, 6) is 0.776. The van der Waals surface area contributed by atoms with Crippen molar-refractivity contribution >= 4 is 0 Å². The van der Waals surface area contributed by atoms with E-state index in [9.17, 15) is 0 Å². The van der Waals surface area contributed by atoms with E-state index in [1.165, 1.54) is 64.7 Å². The molecule has 1 rings (SSSR count). The summed E-state index contributed by atoms with van der Waals surface area (Å²) in [6.07, 6.45) is 8.15. The number of unbranched alkanes of at least 4 members (excludes halogenated alkanes) is 3.